The third-order valence-electron chi connectivity index (χ3n) is 4.06. The number of halogens is 1. The molecule has 3 aromatic rings. The molecule has 0 spiro atoms. The molecule has 5 nitrogen and oxygen atoms in total. The van der Waals surface area contributed by atoms with Crippen LogP contribution in [0.2, 0.25) is 0 Å². The van der Waals surface area contributed by atoms with Gasteiger partial charge in [-0.25, -0.2) is 4.39 Å². The van der Waals surface area contributed by atoms with E-state index in [-0.39, 0.29) is 12.5 Å². The van der Waals surface area contributed by atoms with Crippen LogP contribution in [0.3, 0.4) is 0 Å². The second-order valence-corrected chi connectivity index (χ2v) is 6.00. The molecular formula is C22H16FN3O2. The molecule has 0 aromatic heterocycles. The predicted molar refractivity (Wildman–Crippen MR) is 103 cm³/mol. The van der Waals surface area contributed by atoms with E-state index in [0.717, 1.165) is 0 Å². The number of anilines is 1. The number of nitriles is 1. The van der Waals surface area contributed by atoms with Gasteiger partial charge in [-0.1, -0.05) is 24.3 Å². The molecule has 0 bridgehead atoms. The van der Waals surface area contributed by atoms with E-state index >= 15 is 0 Å². The third kappa shape index (κ3) is 4.59. The highest BCUT2D eigenvalue weighted by atomic mass is 19.1. The maximum atomic E-state index is 13.6. The van der Waals surface area contributed by atoms with Crippen molar-refractivity contribution in [2.24, 2.45) is 0 Å². The van der Waals surface area contributed by atoms with E-state index in [1.54, 1.807) is 60.7 Å². The molecule has 0 unspecified atom stereocenters. The zero-order valence-electron chi connectivity index (χ0n) is 14.8. The number of carbonyl (C=O) groups excluding carboxylic acids is 2. The molecular weight excluding hydrogens is 357 g/mol. The summed E-state index contributed by atoms with van der Waals surface area (Å²) in [5.41, 5.74) is 2.02. The fourth-order valence-electron chi connectivity index (χ4n) is 2.55. The van der Waals surface area contributed by atoms with Gasteiger partial charge in [0.05, 0.1) is 11.6 Å². The molecule has 0 aliphatic carbocycles. The van der Waals surface area contributed by atoms with Crippen molar-refractivity contribution in [3.8, 4) is 6.07 Å². The number of rotatable bonds is 5. The average Bonchev–Trinajstić information content (AvgIpc) is 2.73. The Morgan fingerprint density at radius 1 is 0.893 bits per heavy atom. The fraction of sp³-hybridized carbons (Fsp3) is 0.0455. The summed E-state index contributed by atoms with van der Waals surface area (Å²) in [5, 5.41) is 14.2. The number of benzene rings is 3. The lowest BCUT2D eigenvalue weighted by Gasteiger charge is -2.09. The Bertz CT molecular complexity index is 1060. The summed E-state index contributed by atoms with van der Waals surface area (Å²) in [6, 6.07) is 20.9. The van der Waals surface area contributed by atoms with Gasteiger partial charge in [0.1, 0.15) is 5.82 Å². The van der Waals surface area contributed by atoms with Crippen LogP contribution in [0, 0.1) is 17.1 Å². The maximum Gasteiger partial charge on any atom is 0.255 e. The summed E-state index contributed by atoms with van der Waals surface area (Å²) >= 11 is 0. The minimum absolute atomic E-state index is 0.0488. The smallest absolute Gasteiger partial charge is 0.255 e. The fourth-order valence-corrected chi connectivity index (χ4v) is 2.55. The Balaban J connectivity index is 1.67. The zero-order valence-corrected chi connectivity index (χ0v) is 14.8. The Hall–Kier alpha value is -3.98. The number of hydrogen-bond acceptors (Lipinski definition) is 3. The molecule has 6 heteroatoms. The van der Waals surface area contributed by atoms with E-state index < -0.39 is 11.7 Å². The van der Waals surface area contributed by atoms with Crippen LogP contribution in [0.5, 0.6) is 0 Å². The quantitative estimate of drug-likeness (QED) is 0.712. The Morgan fingerprint density at radius 3 is 2.25 bits per heavy atom. The molecule has 138 valence electrons. The first-order valence-electron chi connectivity index (χ1n) is 8.50. The van der Waals surface area contributed by atoms with E-state index in [4.69, 9.17) is 5.26 Å². The van der Waals surface area contributed by atoms with Crippen LogP contribution >= 0.6 is 0 Å². The lowest BCUT2D eigenvalue weighted by atomic mass is 10.1. The molecule has 0 aliphatic rings. The molecule has 0 saturated heterocycles. The van der Waals surface area contributed by atoms with Gasteiger partial charge in [-0.15, -0.1) is 0 Å². The van der Waals surface area contributed by atoms with Gasteiger partial charge < -0.3 is 10.6 Å². The van der Waals surface area contributed by atoms with Crippen molar-refractivity contribution in [2.45, 2.75) is 6.54 Å². The second-order valence-electron chi connectivity index (χ2n) is 6.00. The van der Waals surface area contributed by atoms with Crippen LogP contribution in [-0.2, 0) is 6.54 Å². The number of nitrogens with zero attached hydrogens (tertiary/aromatic N) is 1. The molecule has 0 saturated carbocycles. The van der Waals surface area contributed by atoms with Gasteiger partial charge in [0, 0.05) is 28.9 Å². The lowest BCUT2D eigenvalue weighted by Crippen LogP contribution is -2.24. The topological polar surface area (TPSA) is 82.0 Å². The summed E-state index contributed by atoms with van der Waals surface area (Å²) in [6.07, 6.45) is 0. The minimum Gasteiger partial charge on any atom is -0.348 e. The van der Waals surface area contributed by atoms with Gasteiger partial charge in [0.15, 0.2) is 0 Å². The largest absolute Gasteiger partial charge is 0.348 e. The van der Waals surface area contributed by atoms with Crippen LogP contribution < -0.4 is 10.6 Å². The van der Waals surface area contributed by atoms with Crippen LogP contribution in [-0.4, -0.2) is 11.8 Å². The molecule has 0 radical (unpaired) electrons. The molecule has 0 aliphatic heterocycles. The Kier molecular flexibility index (Phi) is 5.78. The van der Waals surface area contributed by atoms with Crippen molar-refractivity contribution in [1.82, 2.24) is 5.32 Å². The Morgan fingerprint density at radius 2 is 1.57 bits per heavy atom. The monoisotopic (exact) mass is 373 g/mol. The molecule has 2 amide bonds. The van der Waals surface area contributed by atoms with Crippen LogP contribution in [0.15, 0.2) is 72.8 Å². The van der Waals surface area contributed by atoms with Gasteiger partial charge in [-0.05, 0) is 48.5 Å². The SMILES string of the molecule is N#Cc1ccc(NC(=O)c2cccc(C(=O)NCc3ccccc3F)c2)cc1. The van der Waals surface area contributed by atoms with E-state index in [1.165, 1.54) is 12.1 Å². The third-order valence-corrected chi connectivity index (χ3v) is 4.06. The van der Waals surface area contributed by atoms with Crippen LogP contribution in [0.25, 0.3) is 0 Å². The molecule has 0 fully saturated rings. The normalized spacial score (nSPS) is 10.0. The van der Waals surface area contributed by atoms with Gasteiger partial charge >= 0.3 is 0 Å². The summed E-state index contributed by atoms with van der Waals surface area (Å²) in [6.45, 7) is 0.0488. The summed E-state index contributed by atoms with van der Waals surface area (Å²) < 4.78 is 13.6. The summed E-state index contributed by atoms with van der Waals surface area (Å²) in [4.78, 5) is 24.7. The Labute approximate surface area is 161 Å². The lowest BCUT2D eigenvalue weighted by molar-refractivity contribution is 0.0950. The number of nitrogens with one attached hydrogen (secondary N) is 2. The van der Waals surface area contributed by atoms with Crippen molar-refractivity contribution in [1.29, 1.82) is 5.26 Å². The highest BCUT2D eigenvalue weighted by Gasteiger charge is 2.11. The highest BCUT2D eigenvalue weighted by Crippen LogP contribution is 2.13. The molecule has 3 rings (SSSR count). The van der Waals surface area contributed by atoms with Crippen molar-refractivity contribution in [2.75, 3.05) is 5.32 Å². The first kappa shape index (κ1) is 18.8. The van der Waals surface area contributed by atoms with Crippen molar-refractivity contribution in [3.05, 3.63) is 101 Å². The van der Waals surface area contributed by atoms with Gasteiger partial charge in [0.25, 0.3) is 11.8 Å². The summed E-state index contributed by atoms with van der Waals surface area (Å²) in [5.74, 6) is -1.18. The average molecular weight is 373 g/mol. The van der Waals surface area contributed by atoms with Crippen molar-refractivity contribution >= 4 is 17.5 Å². The molecule has 3 aromatic carbocycles. The van der Waals surface area contributed by atoms with E-state index in [0.29, 0.717) is 27.9 Å². The maximum absolute atomic E-state index is 13.6. The zero-order chi connectivity index (χ0) is 19.9. The van der Waals surface area contributed by atoms with E-state index in [2.05, 4.69) is 10.6 Å². The summed E-state index contributed by atoms with van der Waals surface area (Å²) in [7, 11) is 0. The van der Waals surface area contributed by atoms with Crippen LogP contribution in [0.1, 0.15) is 31.8 Å². The molecule has 28 heavy (non-hydrogen) atoms. The van der Waals surface area contributed by atoms with Gasteiger partial charge in [0.2, 0.25) is 0 Å². The number of amides is 2. The predicted octanol–water partition coefficient (Wildman–Crippen LogP) is 3.88. The molecule has 2 N–H and O–H groups in total. The molecule has 0 atom stereocenters. The van der Waals surface area contributed by atoms with Crippen LogP contribution in [0.4, 0.5) is 10.1 Å². The van der Waals surface area contributed by atoms with Gasteiger partial charge in [-0.3, -0.25) is 9.59 Å². The van der Waals surface area contributed by atoms with Crippen molar-refractivity contribution in [3.63, 3.8) is 0 Å². The van der Waals surface area contributed by atoms with Crippen molar-refractivity contribution < 1.29 is 14.0 Å². The highest BCUT2D eigenvalue weighted by molar-refractivity contribution is 6.06. The first-order chi connectivity index (χ1) is 13.6. The van der Waals surface area contributed by atoms with Gasteiger partial charge in [-0.2, -0.15) is 5.26 Å². The number of carbonyl (C=O) groups is 2. The van der Waals surface area contributed by atoms with E-state index in [9.17, 15) is 14.0 Å². The standard InChI is InChI=1S/C22H16FN3O2/c23-20-7-2-1-4-18(20)14-25-21(27)16-5-3-6-17(12-16)22(28)26-19-10-8-15(13-24)9-11-19/h1-12H,14H2,(H,25,27)(H,26,28). The first-order valence-corrected chi connectivity index (χ1v) is 8.50. The number of hydrogen-bond donors (Lipinski definition) is 2. The molecule has 0 heterocycles. The van der Waals surface area contributed by atoms with E-state index in [1.807, 2.05) is 6.07 Å². The minimum atomic E-state index is -0.406. The second kappa shape index (κ2) is 8.60.